The standard InChI is InChI=1S/C28H27FN6O3/c1-3-27(36)33-25-13-21-24(14-26(25)38-20-9-11-35(2)15-20)31-17-32-28(21)34-23-8-7-19(12-22(23)29)37-16-18-6-4-5-10-30-18/h3-8,10,12-14,17,20H,1,9,11,15-16H2,2H3,(H,33,36)(H,31,32,34). The third-order valence-electron chi connectivity index (χ3n) is 6.13. The van der Waals surface area contributed by atoms with E-state index in [-0.39, 0.29) is 24.3 Å². The number of likely N-dealkylation sites (N-methyl/N-ethyl adjacent to an activating group) is 1. The number of pyridine rings is 1. The van der Waals surface area contributed by atoms with Gasteiger partial charge in [-0.1, -0.05) is 12.6 Å². The molecule has 5 rings (SSSR count). The number of likely N-dealkylation sites (tertiary alicyclic amines) is 1. The van der Waals surface area contributed by atoms with Crippen LogP contribution in [0.1, 0.15) is 12.1 Å². The lowest BCUT2D eigenvalue weighted by Crippen LogP contribution is -2.22. The van der Waals surface area contributed by atoms with Crippen LogP contribution in [0.4, 0.5) is 21.6 Å². The minimum atomic E-state index is -0.513. The first-order valence-electron chi connectivity index (χ1n) is 12.1. The van der Waals surface area contributed by atoms with Crippen LogP contribution in [0.3, 0.4) is 0 Å². The minimum Gasteiger partial charge on any atom is -0.487 e. The number of anilines is 3. The largest absolute Gasteiger partial charge is 0.487 e. The van der Waals surface area contributed by atoms with E-state index < -0.39 is 5.82 Å². The van der Waals surface area contributed by atoms with Crippen molar-refractivity contribution in [2.45, 2.75) is 19.1 Å². The number of amides is 1. The maximum atomic E-state index is 15.0. The molecule has 0 radical (unpaired) electrons. The molecule has 9 nitrogen and oxygen atoms in total. The normalized spacial score (nSPS) is 15.3. The second kappa shape index (κ2) is 11.2. The number of benzene rings is 2. The maximum Gasteiger partial charge on any atom is 0.247 e. The third kappa shape index (κ3) is 5.87. The van der Waals surface area contributed by atoms with Crippen molar-refractivity contribution in [2.75, 3.05) is 30.8 Å². The minimum absolute atomic E-state index is 0.0104. The zero-order chi connectivity index (χ0) is 26.5. The molecule has 1 aliphatic rings. The molecule has 1 aliphatic heterocycles. The highest BCUT2D eigenvalue weighted by Gasteiger charge is 2.23. The molecule has 2 aromatic heterocycles. The fraction of sp³-hybridized carbons (Fsp3) is 0.214. The smallest absolute Gasteiger partial charge is 0.247 e. The van der Waals surface area contributed by atoms with E-state index >= 15 is 0 Å². The quantitative estimate of drug-likeness (QED) is 0.310. The number of hydrogen-bond donors (Lipinski definition) is 2. The van der Waals surface area contributed by atoms with E-state index in [4.69, 9.17) is 9.47 Å². The molecule has 0 spiro atoms. The van der Waals surface area contributed by atoms with Gasteiger partial charge in [-0.05, 0) is 49.9 Å². The van der Waals surface area contributed by atoms with Crippen LogP contribution < -0.4 is 20.1 Å². The monoisotopic (exact) mass is 514 g/mol. The first-order chi connectivity index (χ1) is 18.5. The second-order valence-corrected chi connectivity index (χ2v) is 8.95. The molecule has 2 N–H and O–H groups in total. The van der Waals surface area contributed by atoms with Gasteiger partial charge >= 0.3 is 0 Å². The zero-order valence-electron chi connectivity index (χ0n) is 20.9. The van der Waals surface area contributed by atoms with E-state index in [0.717, 1.165) is 25.2 Å². The number of nitrogens with one attached hydrogen (secondary N) is 2. The topological polar surface area (TPSA) is 102 Å². The van der Waals surface area contributed by atoms with Crippen LogP contribution in [-0.2, 0) is 11.4 Å². The summed E-state index contributed by atoms with van der Waals surface area (Å²) < 4.78 is 26.9. The third-order valence-corrected chi connectivity index (χ3v) is 6.13. The van der Waals surface area contributed by atoms with Crippen molar-refractivity contribution >= 4 is 34.0 Å². The number of halogens is 1. The van der Waals surface area contributed by atoms with Crippen LogP contribution in [0.2, 0.25) is 0 Å². The Labute approximate surface area is 219 Å². The van der Waals surface area contributed by atoms with Gasteiger partial charge in [-0.3, -0.25) is 9.78 Å². The number of nitrogens with zero attached hydrogens (tertiary/aromatic N) is 4. The number of hydrogen-bond acceptors (Lipinski definition) is 8. The van der Waals surface area contributed by atoms with Crippen LogP contribution in [0, 0.1) is 5.82 Å². The van der Waals surface area contributed by atoms with Crippen molar-refractivity contribution in [3.63, 3.8) is 0 Å². The first kappa shape index (κ1) is 25.1. The zero-order valence-corrected chi connectivity index (χ0v) is 20.9. The van der Waals surface area contributed by atoms with Crippen LogP contribution in [0.25, 0.3) is 10.9 Å². The van der Waals surface area contributed by atoms with Crippen LogP contribution in [0.15, 0.2) is 73.7 Å². The maximum absolute atomic E-state index is 15.0. The number of fused-ring (bicyclic) bond motifs is 1. The Morgan fingerprint density at radius 3 is 2.82 bits per heavy atom. The Hall–Kier alpha value is -4.57. The molecule has 1 fully saturated rings. The van der Waals surface area contributed by atoms with Gasteiger partial charge in [0.05, 0.1) is 22.6 Å². The molecule has 194 valence electrons. The molecule has 0 bridgehead atoms. The molecule has 2 aromatic carbocycles. The van der Waals surface area contributed by atoms with Gasteiger partial charge in [0.25, 0.3) is 0 Å². The molecule has 1 amide bonds. The lowest BCUT2D eigenvalue weighted by atomic mass is 10.1. The molecule has 1 saturated heterocycles. The van der Waals surface area contributed by atoms with Crippen molar-refractivity contribution in [3.05, 3.63) is 85.2 Å². The van der Waals surface area contributed by atoms with E-state index in [0.29, 0.717) is 33.9 Å². The first-order valence-corrected chi connectivity index (χ1v) is 12.1. The summed E-state index contributed by atoms with van der Waals surface area (Å²) in [6.07, 6.45) is 5.12. The van der Waals surface area contributed by atoms with Gasteiger partial charge in [-0.15, -0.1) is 0 Å². The Bertz CT molecular complexity index is 1470. The number of ether oxygens (including phenoxy) is 2. The fourth-order valence-corrected chi connectivity index (χ4v) is 4.19. The molecule has 3 heterocycles. The van der Waals surface area contributed by atoms with Gasteiger partial charge in [0.1, 0.15) is 42.2 Å². The van der Waals surface area contributed by atoms with Crippen molar-refractivity contribution in [2.24, 2.45) is 0 Å². The number of carbonyl (C=O) groups is 1. The molecule has 0 saturated carbocycles. The summed E-state index contributed by atoms with van der Waals surface area (Å²) in [7, 11) is 2.04. The lowest BCUT2D eigenvalue weighted by molar-refractivity contribution is -0.111. The molecule has 1 unspecified atom stereocenters. The van der Waals surface area contributed by atoms with Gasteiger partial charge < -0.3 is 25.0 Å². The molecular formula is C28H27FN6O3. The highest BCUT2D eigenvalue weighted by Crippen LogP contribution is 2.35. The molecule has 0 aliphatic carbocycles. The van der Waals surface area contributed by atoms with Crippen molar-refractivity contribution in [1.82, 2.24) is 19.9 Å². The molecular weight excluding hydrogens is 487 g/mol. The molecule has 1 atom stereocenters. The SMILES string of the molecule is C=CC(=O)Nc1cc2c(Nc3ccc(OCc4ccccn4)cc3F)ncnc2cc1OC1CCN(C)C1. The molecule has 38 heavy (non-hydrogen) atoms. The van der Waals surface area contributed by atoms with Crippen LogP contribution in [0.5, 0.6) is 11.5 Å². The summed E-state index contributed by atoms with van der Waals surface area (Å²) in [5.41, 5.74) is 1.98. The van der Waals surface area contributed by atoms with Gasteiger partial charge in [0.2, 0.25) is 5.91 Å². The lowest BCUT2D eigenvalue weighted by Gasteiger charge is -2.18. The van der Waals surface area contributed by atoms with Crippen molar-refractivity contribution in [3.8, 4) is 11.5 Å². The van der Waals surface area contributed by atoms with E-state index in [2.05, 4.69) is 37.1 Å². The van der Waals surface area contributed by atoms with Gasteiger partial charge in [-0.2, -0.15) is 0 Å². The van der Waals surface area contributed by atoms with Crippen LogP contribution in [-0.4, -0.2) is 52.0 Å². The summed E-state index contributed by atoms with van der Waals surface area (Å²) >= 11 is 0. The Morgan fingerprint density at radius 1 is 1.18 bits per heavy atom. The van der Waals surface area contributed by atoms with E-state index in [1.807, 2.05) is 25.2 Å². The molecule has 10 heteroatoms. The number of carbonyl (C=O) groups excluding carboxylic acids is 1. The Balaban J connectivity index is 1.40. The van der Waals surface area contributed by atoms with Gasteiger partial charge in [0.15, 0.2) is 0 Å². The van der Waals surface area contributed by atoms with Crippen molar-refractivity contribution < 1.29 is 18.7 Å². The summed E-state index contributed by atoms with van der Waals surface area (Å²) in [6, 6.07) is 13.5. The van der Waals surface area contributed by atoms with Crippen LogP contribution >= 0.6 is 0 Å². The Morgan fingerprint density at radius 2 is 2.08 bits per heavy atom. The highest BCUT2D eigenvalue weighted by molar-refractivity contribution is 6.03. The summed E-state index contributed by atoms with van der Waals surface area (Å²) in [4.78, 5) is 27.2. The van der Waals surface area contributed by atoms with E-state index in [1.54, 1.807) is 30.5 Å². The van der Waals surface area contributed by atoms with Crippen molar-refractivity contribution in [1.29, 1.82) is 0 Å². The van der Waals surface area contributed by atoms with E-state index in [9.17, 15) is 9.18 Å². The second-order valence-electron chi connectivity index (χ2n) is 8.95. The van der Waals surface area contributed by atoms with E-state index in [1.165, 1.54) is 18.5 Å². The predicted octanol–water partition coefficient (Wildman–Crippen LogP) is 4.69. The molecule has 4 aromatic rings. The predicted molar refractivity (Wildman–Crippen MR) is 143 cm³/mol. The fourth-order valence-electron chi connectivity index (χ4n) is 4.19. The Kier molecular flexibility index (Phi) is 7.41. The average molecular weight is 515 g/mol. The highest BCUT2D eigenvalue weighted by atomic mass is 19.1. The number of aromatic nitrogens is 3. The summed E-state index contributed by atoms with van der Waals surface area (Å²) in [5.74, 6) is 0.354. The average Bonchev–Trinajstić information content (AvgIpc) is 3.34. The number of rotatable bonds is 9. The van der Waals surface area contributed by atoms with Gasteiger partial charge in [-0.25, -0.2) is 14.4 Å². The summed E-state index contributed by atoms with van der Waals surface area (Å²) in [6.45, 7) is 5.47. The summed E-state index contributed by atoms with van der Waals surface area (Å²) in [5, 5.41) is 6.42. The van der Waals surface area contributed by atoms with Gasteiger partial charge in [0, 0.05) is 36.8 Å².